The highest BCUT2D eigenvalue weighted by Gasteiger charge is 2.46. The maximum atomic E-state index is 2.63. The van der Waals surface area contributed by atoms with Crippen molar-refractivity contribution < 1.29 is 0 Å². The molecule has 8 heteroatoms. The first kappa shape index (κ1) is 41.0. The van der Waals surface area contributed by atoms with Gasteiger partial charge in [-0.3, -0.25) is 0 Å². The minimum atomic E-state index is 0.00171. The van der Waals surface area contributed by atoms with E-state index < -0.39 is 0 Å². The Morgan fingerprint density at radius 1 is 0.257 bits per heavy atom. The van der Waals surface area contributed by atoms with Crippen LogP contribution in [0.1, 0.15) is 0 Å². The van der Waals surface area contributed by atoms with Crippen LogP contribution in [0, 0.1) is 0 Å². The summed E-state index contributed by atoms with van der Waals surface area (Å²) >= 11 is 3.83. The predicted octanol–water partition coefficient (Wildman–Crippen LogP) is 13.4. The summed E-state index contributed by atoms with van der Waals surface area (Å²) in [6.07, 6.45) is 0. The van der Waals surface area contributed by atoms with Crippen molar-refractivity contribution in [3.63, 3.8) is 0 Å². The molecule has 0 bridgehead atoms. The first-order valence-electron chi connectivity index (χ1n) is 25.5. The molecule has 11 aromatic carbocycles. The summed E-state index contributed by atoms with van der Waals surface area (Å²) in [6, 6.07) is 91.1. The molecule has 0 aliphatic carbocycles. The van der Waals surface area contributed by atoms with Crippen LogP contribution in [0.3, 0.4) is 0 Å². The molecule has 4 aliphatic rings. The van der Waals surface area contributed by atoms with E-state index in [1.54, 1.807) is 0 Å². The van der Waals surface area contributed by atoms with Crippen molar-refractivity contribution in [2.45, 2.75) is 19.6 Å². The summed E-state index contributed by atoms with van der Waals surface area (Å²) in [5.74, 6) is 0. The molecule has 0 N–H and O–H groups in total. The molecule has 4 nitrogen and oxygen atoms in total. The monoisotopic (exact) mass is 974 g/mol. The van der Waals surface area contributed by atoms with E-state index in [2.05, 4.69) is 262 Å². The van der Waals surface area contributed by atoms with Crippen LogP contribution in [-0.4, -0.2) is 22.6 Å². The predicted molar refractivity (Wildman–Crippen MR) is 315 cm³/mol. The molecule has 0 saturated carbocycles. The number of hydrogen-bond acceptors (Lipinski definition) is 4. The molecule has 13 aromatic rings. The third-order valence-electron chi connectivity index (χ3n) is 16.2. The Kier molecular flexibility index (Phi) is 8.57. The topological polar surface area (TPSA) is 16.3 Å². The Balaban J connectivity index is 0.980. The fourth-order valence-corrected chi connectivity index (χ4v) is 15.6. The maximum Gasteiger partial charge on any atom is 0.249 e. The summed E-state index contributed by atoms with van der Waals surface area (Å²) in [5.41, 5.74) is 22.3. The molecule has 0 fully saturated rings. The number of para-hydroxylation sites is 6. The Morgan fingerprint density at radius 2 is 0.608 bits per heavy atom. The van der Waals surface area contributed by atoms with E-state index in [4.69, 9.17) is 0 Å². The van der Waals surface area contributed by atoms with Gasteiger partial charge in [-0.1, -0.05) is 186 Å². The fourth-order valence-electron chi connectivity index (χ4n) is 13.2. The van der Waals surface area contributed by atoms with Gasteiger partial charge in [0, 0.05) is 86.6 Å². The molecule has 17 rings (SSSR count). The number of nitrogens with zero attached hydrogens (tertiary/aromatic N) is 4. The molecule has 0 radical (unpaired) electrons. The smallest absolute Gasteiger partial charge is 0.249 e. The molecule has 0 amide bonds. The first-order valence-corrected chi connectivity index (χ1v) is 27.1. The number of rotatable bonds is 4. The van der Waals surface area contributed by atoms with Crippen LogP contribution in [0.5, 0.6) is 0 Å². The quantitative estimate of drug-likeness (QED) is 0.163. The van der Waals surface area contributed by atoms with Crippen LogP contribution < -0.4 is 42.6 Å². The number of anilines is 6. The Hall–Kier alpha value is -8.55. The third kappa shape index (κ3) is 5.64. The molecule has 0 saturated heterocycles. The molecule has 4 aliphatic heterocycles. The normalized spacial score (nSPS) is 13.7. The van der Waals surface area contributed by atoms with Gasteiger partial charge in [0.1, 0.15) is 0 Å². The van der Waals surface area contributed by atoms with E-state index in [1.165, 1.54) is 119 Å². The minimum absolute atomic E-state index is 0.00171. The van der Waals surface area contributed by atoms with Crippen molar-refractivity contribution in [2.24, 2.45) is 0 Å². The van der Waals surface area contributed by atoms with E-state index in [9.17, 15) is 0 Å². The summed E-state index contributed by atoms with van der Waals surface area (Å²) < 4.78 is 4.98. The third-order valence-corrected chi connectivity index (χ3v) is 18.5. The van der Waals surface area contributed by atoms with Gasteiger partial charge in [0.25, 0.3) is 0 Å². The number of aromatic nitrogens is 2. The van der Waals surface area contributed by atoms with Crippen molar-refractivity contribution in [1.29, 1.82) is 0 Å². The zero-order chi connectivity index (χ0) is 48.2. The second-order valence-electron chi connectivity index (χ2n) is 20.0. The molecule has 0 atom stereocenters. The Morgan fingerprint density at radius 3 is 1.01 bits per heavy atom. The largest absolute Gasteiger partial charge is 0.311 e. The van der Waals surface area contributed by atoms with Gasteiger partial charge in [-0.25, -0.2) is 0 Å². The highest BCUT2D eigenvalue weighted by atomic mass is 32.2. The summed E-state index contributed by atoms with van der Waals surface area (Å²) in [7, 11) is 0. The van der Waals surface area contributed by atoms with Crippen LogP contribution in [0.15, 0.2) is 262 Å². The molecule has 0 unspecified atom stereocenters. The number of hydrogen-bond donors (Lipinski definition) is 0. The van der Waals surface area contributed by atoms with Crippen LogP contribution >= 0.6 is 23.5 Å². The summed E-state index contributed by atoms with van der Waals surface area (Å²) in [5, 5.41) is 5.04. The zero-order valence-corrected chi connectivity index (χ0v) is 41.5. The van der Waals surface area contributed by atoms with Crippen LogP contribution in [0.2, 0.25) is 0 Å². The van der Waals surface area contributed by atoms with Gasteiger partial charge in [0.15, 0.2) is 0 Å². The van der Waals surface area contributed by atoms with E-state index in [0.717, 1.165) is 22.7 Å². The van der Waals surface area contributed by atoms with Crippen LogP contribution in [-0.2, 0) is 0 Å². The van der Waals surface area contributed by atoms with Gasteiger partial charge in [-0.05, 0) is 113 Å². The van der Waals surface area contributed by atoms with Gasteiger partial charge >= 0.3 is 0 Å². The molecule has 2 aromatic heterocycles. The lowest BCUT2D eigenvalue weighted by Crippen LogP contribution is -2.64. The molecular weight excluding hydrogens is 935 g/mol. The Bertz CT molecular complexity index is 4150. The second-order valence-corrected chi connectivity index (χ2v) is 22.1. The van der Waals surface area contributed by atoms with Crippen molar-refractivity contribution in [3.05, 3.63) is 243 Å². The van der Waals surface area contributed by atoms with E-state index in [-0.39, 0.29) is 13.4 Å². The molecular formula is C66H40B2N4S2. The van der Waals surface area contributed by atoms with Gasteiger partial charge in [-0.2, -0.15) is 0 Å². The highest BCUT2D eigenvalue weighted by Crippen LogP contribution is 2.49. The average Bonchev–Trinajstić information content (AvgIpc) is 3.98. The number of benzene rings is 11. The molecule has 342 valence electrons. The van der Waals surface area contributed by atoms with E-state index in [0.29, 0.717) is 0 Å². The van der Waals surface area contributed by atoms with Gasteiger partial charge in [0.2, 0.25) is 13.4 Å². The van der Waals surface area contributed by atoms with Crippen molar-refractivity contribution in [3.8, 4) is 11.4 Å². The highest BCUT2D eigenvalue weighted by molar-refractivity contribution is 8.00. The Labute approximate surface area is 437 Å². The lowest BCUT2D eigenvalue weighted by Gasteiger charge is -2.44. The lowest BCUT2D eigenvalue weighted by atomic mass is 9.31. The summed E-state index contributed by atoms with van der Waals surface area (Å²) in [4.78, 5) is 10.4. The fraction of sp³-hybridized carbons (Fsp3) is 0. The van der Waals surface area contributed by atoms with Gasteiger partial charge in [-0.15, -0.1) is 0 Å². The SMILES string of the molecule is c1ccc(N2c3cc4c(cc3B3c5ccccc5Sc5cc(-n6c7ccccc7c7ccccc76)cc2c53)B2c3ccccc3Sc3cc(-n5c6ccccc6c6ccccc65)cc(c32)N4c2ccccc2)cc1. The standard InChI is InChI=1S/C66H40B2N4S2/c1-3-19-41(20-4-1)69-57-40-58-52(39-51(57)67-49-27-11-17-33-61(49)73-63-37-43(35-59(69)65(63)67)71-53-29-13-7-23-45(53)46-24-8-14-30-54(46)71)68-50-28-12-18-34-62(50)74-64-38-44(36-60(66(64)68)70(58)42-21-5-2-6-22-42)72-55-31-15-9-25-47(55)48-26-10-16-32-56(48)72/h1-40H. The number of fused-ring (bicyclic) bond motifs is 14. The van der Waals surface area contributed by atoms with Crippen LogP contribution in [0.25, 0.3) is 55.0 Å². The van der Waals surface area contributed by atoms with Gasteiger partial charge < -0.3 is 18.9 Å². The molecule has 74 heavy (non-hydrogen) atoms. The molecule has 6 heterocycles. The van der Waals surface area contributed by atoms with Crippen molar-refractivity contribution >= 4 is 147 Å². The first-order chi connectivity index (χ1) is 36.7. The second kappa shape index (κ2) is 15.5. The van der Waals surface area contributed by atoms with E-state index in [1.807, 2.05) is 23.5 Å². The van der Waals surface area contributed by atoms with Crippen LogP contribution in [0.4, 0.5) is 34.1 Å². The minimum Gasteiger partial charge on any atom is -0.311 e. The molecule has 0 spiro atoms. The maximum absolute atomic E-state index is 2.63. The lowest BCUT2D eigenvalue weighted by molar-refractivity contribution is 1.15. The van der Waals surface area contributed by atoms with Gasteiger partial charge in [0.05, 0.1) is 22.1 Å². The van der Waals surface area contributed by atoms with Crippen molar-refractivity contribution in [1.82, 2.24) is 9.13 Å². The zero-order valence-electron chi connectivity index (χ0n) is 39.9. The van der Waals surface area contributed by atoms with Crippen molar-refractivity contribution in [2.75, 3.05) is 9.80 Å². The summed E-state index contributed by atoms with van der Waals surface area (Å²) in [6.45, 7) is 0.00341. The van der Waals surface area contributed by atoms with E-state index >= 15 is 0 Å². The average molecular weight is 975 g/mol.